The molecule has 0 aliphatic rings. The van der Waals surface area contributed by atoms with E-state index in [2.05, 4.69) is 0 Å². The van der Waals surface area contributed by atoms with Gasteiger partial charge in [-0.05, 0) is 35.2 Å². The molecule has 0 heterocycles. The lowest BCUT2D eigenvalue weighted by atomic mass is 10.0. The van der Waals surface area contributed by atoms with Crippen LogP contribution < -0.4 is 0 Å². The average molecular weight is 503 g/mol. The molecule has 0 aliphatic heterocycles. The van der Waals surface area contributed by atoms with Crippen LogP contribution in [0.15, 0.2) is 88.7 Å². The lowest BCUT2D eigenvalue weighted by molar-refractivity contribution is -0.0980. The normalized spacial score (nSPS) is 11.3. The molecule has 4 aromatic carbocycles. The number of unbranched alkanes of at least 4 members (excludes halogenated alkanes) is 1. The van der Waals surface area contributed by atoms with Crippen molar-refractivity contribution in [3.8, 4) is 0 Å². The molecule has 0 unspecified atom stereocenters. The van der Waals surface area contributed by atoms with Gasteiger partial charge in [-0.2, -0.15) is 16.8 Å². The molecule has 4 rings (SSSR count). The van der Waals surface area contributed by atoms with Crippen LogP contribution in [-0.2, 0) is 31.5 Å². The molecule has 0 aromatic heterocycles. The number of rotatable bonds is 5. The molecule has 7 nitrogen and oxygen atoms in total. The maximum Gasteiger partial charge on any atom is 0.295 e. The first-order valence-electron chi connectivity index (χ1n) is 10.3. The van der Waals surface area contributed by atoms with E-state index in [4.69, 9.17) is 9.35 Å². The Balaban J connectivity index is 0.000000230. The zero-order valence-corrected chi connectivity index (χ0v) is 20.2. The fourth-order valence-corrected chi connectivity index (χ4v) is 5.26. The quantitative estimate of drug-likeness (QED) is 0.353. The molecule has 0 spiro atoms. The summed E-state index contributed by atoms with van der Waals surface area (Å²) in [5, 5.41) is 2.75. The molecule has 0 saturated heterocycles. The van der Waals surface area contributed by atoms with Crippen molar-refractivity contribution in [2.45, 2.75) is 36.0 Å². The second-order valence-electron chi connectivity index (χ2n) is 7.31. The minimum absolute atomic E-state index is 0.0457. The molecular formula is C25H26O7S2. The molecule has 0 saturated carbocycles. The minimum atomic E-state index is -4.19. The topological polar surface area (TPSA) is 126 Å². The number of carbonyl (C=O) groups is 1. The van der Waals surface area contributed by atoms with Crippen LogP contribution >= 0.6 is 0 Å². The van der Waals surface area contributed by atoms with Crippen LogP contribution in [0.5, 0.6) is 0 Å². The summed E-state index contributed by atoms with van der Waals surface area (Å²) >= 11 is 0. The number of hydrogen-bond acceptors (Lipinski definition) is 5. The Morgan fingerprint density at radius 1 is 0.676 bits per heavy atom. The Morgan fingerprint density at radius 3 is 1.76 bits per heavy atom. The van der Waals surface area contributed by atoms with Crippen LogP contribution in [0.4, 0.5) is 0 Å². The van der Waals surface area contributed by atoms with Gasteiger partial charge >= 0.3 is 0 Å². The predicted octanol–water partition coefficient (Wildman–Crippen LogP) is 5.33. The lowest BCUT2D eigenvalue weighted by Gasteiger charge is -2.10. The van der Waals surface area contributed by atoms with Gasteiger partial charge in [0.15, 0.2) is 0 Å². The standard InChI is InChI=1S/C14H16O3S.C10H8O3S.CH2O/c1-2-3-6-12-10-9-11-7-4-5-8-13(11)14(12)18(15,16)17;11-14(12,13)10-7-3-5-8-4-1-2-6-9(8)10;1-2/h4-5,7-10H,2-3,6H2,1H3,(H,15,16,17);1-7H,(H,11,12,13);1H2. The van der Waals surface area contributed by atoms with Crippen molar-refractivity contribution in [1.29, 1.82) is 0 Å². The molecule has 2 N–H and O–H groups in total. The largest absolute Gasteiger partial charge is 0.307 e. The highest BCUT2D eigenvalue weighted by Crippen LogP contribution is 2.28. The second-order valence-corrected chi connectivity index (χ2v) is 10.1. The van der Waals surface area contributed by atoms with E-state index < -0.39 is 20.2 Å². The SMILES string of the molecule is C=O.CCCCc1ccc2ccccc2c1S(=O)(=O)O.O=S(=O)(O)c1cccc2ccccc12. The summed E-state index contributed by atoms with van der Waals surface area (Å²) in [7, 11) is -8.32. The predicted molar refractivity (Wildman–Crippen MR) is 133 cm³/mol. The molecule has 9 heteroatoms. The zero-order valence-electron chi connectivity index (χ0n) is 18.6. The van der Waals surface area contributed by atoms with Gasteiger partial charge in [-0.25, -0.2) is 0 Å². The number of fused-ring (bicyclic) bond motifs is 2. The third-order valence-corrected chi connectivity index (χ3v) is 6.96. The van der Waals surface area contributed by atoms with E-state index in [0.717, 1.165) is 23.6 Å². The molecule has 34 heavy (non-hydrogen) atoms. The summed E-state index contributed by atoms with van der Waals surface area (Å²) in [5.41, 5.74) is 0.693. The highest BCUT2D eigenvalue weighted by molar-refractivity contribution is 7.86. The molecule has 0 fully saturated rings. The molecular weight excluding hydrogens is 476 g/mol. The van der Waals surface area contributed by atoms with Crippen molar-refractivity contribution in [1.82, 2.24) is 0 Å². The van der Waals surface area contributed by atoms with Crippen molar-refractivity contribution in [2.75, 3.05) is 0 Å². The van der Waals surface area contributed by atoms with Gasteiger partial charge in [0.2, 0.25) is 0 Å². The summed E-state index contributed by atoms with van der Waals surface area (Å²) in [6, 6.07) is 22.7. The summed E-state index contributed by atoms with van der Waals surface area (Å²) < 4.78 is 63.6. The van der Waals surface area contributed by atoms with Gasteiger partial charge in [0.1, 0.15) is 16.6 Å². The van der Waals surface area contributed by atoms with Crippen LogP contribution in [0, 0.1) is 0 Å². The number of hydrogen-bond donors (Lipinski definition) is 2. The minimum Gasteiger partial charge on any atom is -0.307 e. The van der Waals surface area contributed by atoms with E-state index in [1.54, 1.807) is 48.5 Å². The van der Waals surface area contributed by atoms with Crippen LogP contribution in [0.3, 0.4) is 0 Å². The summed E-state index contributed by atoms with van der Waals surface area (Å²) in [5.74, 6) is 0. The van der Waals surface area contributed by atoms with Gasteiger partial charge in [0, 0.05) is 10.8 Å². The molecule has 0 aliphatic carbocycles. The molecule has 4 aromatic rings. The maximum atomic E-state index is 11.6. The molecule has 0 amide bonds. The highest BCUT2D eigenvalue weighted by atomic mass is 32.2. The van der Waals surface area contributed by atoms with E-state index in [9.17, 15) is 21.4 Å². The zero-order chi connectivity index (χ0) is 25.4. The average Bonchev–Trinajstić information content (AvgIpc) is 2.82. The van der Waals surface area contributed by atoms with Gasteiger partial charge in [-0.15, -0.1) is 0 Å². The van der Waals surface area contributed by atoms with Crippen LogP contribution in [-0.4, -0.2) is 32.7 Å². The third-order valence-electron chi connectivity index (χ3n) is 5.05. The molecule has 0 atom stereocenters. The van der Waals surface area contributed by atoms with Crippen molar-refractivity contribution in [3.05, 3.63) is 84.4 Å². The first-order chi connectivity index (χ1) is 16.1. The third kappa shape index (κ3) is 6.71. The molecule has 0 radical (unpaired) electrons. The maximum absolute atomic E-state index is 11.6. The summed E-state index contributed by atoms with van der Waals surface area (Å²) in [6.07, 6.45) is 2.55. The smallest absolute Gasteiger partial charge is 0.295 e. The Kier molecular flexibility index (Phi) is 9.46. The number of carbonyl (C=O) groups excluding carboxylic acids is 1. The van der Waals surface area contributed by atoms with Gasteiger partial charge in [0.25, 0.3) is 20.2 Å². The summed E-state index contributed by atoms with van der Waals surface area (Å²) in [6.45, 7) is 4.05. The molecule has 0 bridgehead atoms. The second kappa shape index (κ2) is 11.8. The lowest BCUT2D eigenvalue weighted by Crippen LogP contribution is -2.04. The van der Waals surface area contributed by atoms with Crippen molar-refractivity contribution < 1.29 is 30.7 Å². The molecule has 180 valence electrons. The number of aryl methyl sites for hydroxylation is 1. The van der Waals surface area contributed by atoms with E-state index in [-0.39, 0.29) is 9.79 Å². The van der Waals surface area contributed by atoms with Crippen LogP contribution in [0.2, 0.25) is 0 Å². The van der Waals surface area contributed by atoms with Crippen molar-refractivity contribution in [3.63, 3.8) is 0 Å². The fourth-order valence-electron chi connectivity index (χ4n) is 3.58. The van der Waals surface area contributed by atoms with Crippen LogP contribution in [0.25, 0.3) is 21.5 Å². The Hall–Kier alpha value is -3.11. The van der Waals surface area contributed by atoms with E-state index in [1.165, 1.54) is 6.07 Å². The van der Waals surface area contributed by atoms with Gasteiger partial charge < -0.3 is 4.79 Å². The first-order valence-corrected chi connectivity index (χ1v) is 13.2. The van der Waals surface area contributed by atoms with Crippen molar-refractivity contribution in [2.24, 2.45) is 0 Å². The van der Waals surface area contributed by atoms with Crippen molar-refractivity contribution >= 4 is 48.6 Å². The van der Waals surface area contributed by atoms with E-state index >= 15 is 0 Å². The first kappa shape index (κ1) is 27.1. The van der Waals surface area contributed by atoms with Gasteiger partial charge in [-0.1, -0.05) is 86.1 Å². The Bertz CT molecular complexity index is 1470. The summed E-state index contributed by atoms with van der Waals surface area (Å²) in [4.78, 5) is 8.02. The number of benzene rings is 4. The van der Waals surface area contributed by atoms with E-state index in [1.807, 2.05) is 38.0 Å². The van der Waals surface area contributed by atoms with E-state index in [0.29, 0.717) is 22.8 Å². The van der Waals surface area contributed by atoms with Gasteiger partial charge in [-0.3, -0.25) is 9.11 Å². The highest BCUT2D eigenvalue weighted by Gasteiger charge is 2.18. The fraction of sp³-hybridized carbons (Fsp3) is 0.160. The Labute approximate surface area is 199 Å². The monoisotopic (exact) mass is 502 g/mol. The van der Waals surface area contributed by atoms with Crippen LogP contribution in [0.1, 0.15) is 25.3 Å². The van der Waals surface area contributed by atoms with Gasteiger partial charge in [0.05, 0.1) is 0 Å². The Morgan fingerprint density at radius 2 is 1.21 bits per heavy atom.